The third-order valence-corrected chi connectivity index (χ3v) is 7.52. The summed E-state index contributed by atoms with van der Waals surface area (Å²) in [4.78, 5) is 41.0. The molecule has 1 saturated heterocycles. The number of likely N-dealkylation sites (tertiary alicyclic amines) is 1. The van der Waals surface area contributed by atoms with Crippen LogP contribution in [0.15, 0.2) is 78.9 Å². The molecule has 2 bridgehead atoms. The van der Waals surface area contributed by atoms with Crippen LogP contribution in [0.3, 0.4) is 0 Å². The molecule has 7 heteroatoms. The second-order valence-corrected chi connectivity index (χ2v) is 9.05. The fourth-order valence-electron chi connectivity index (χ4n) is 6.24. The summed E-state index contributed by atoms with van der Waals surface area (Å²) in [7, 11) is 0. The van der Waals surface area contributed by atoms with Gasteiger partial charge in [0, 0.05) is 22.0 Å². The SMILES string of the molecule is O=C1[C@@H]2C3c4ccccc4C([N+](=O)[O-])(c4ccccc43)[C@H]2C(=O)N1CCOCc1ccccc1. The number of imide groups is 1. The van der Waals surface area contributed by atoms with Gasteiger partial charge in [0.1, 0.15) is 5.92 Å². The van der Waals surface area contributed by atoms with E-state index in [0.29, 0.717) is 17.7 Å². The number of amides is 2. The molecule has 3 aromatic carbocycles. The molecule has 1 heterocycles. The second kappa shape index (κ2) is 7.60. The van der Waals surface area contributed by atoms with Gasteiger partial charge in [-0.15, -0.1) is 0 Å². The molecule has 1 fully saturated rings. The molecule has 2 amide bonds. The molecule has 0 unspecified atom stereocenters. The van der Waals surface area contributed by atoms with Crippen molar-refractivity contribution in [3.63, 3.8) is 0 Å². The van der Waals surface area contributed by atoms with E-state index in [1.165, 1.54) is 4.90 Å². The van der Waals surface area contributed by atoms with E-state index in [2.05, 4.69) is 0 Å². The van der Waals surface area contributed by atoms with Crippen LogP contribution in [0.25, 0.3) is 0 Å². The first-order chi connectivity index (χ1) is 16.6. The van der Waals surface area contributed by atoms with Crippen molar-refractivity contribution >= 4 is 11.8 Å². The smallest absolute Gasteiger partial charge is 0.284 e. The van der Waals surface area contributed by atoms with Crippen LogP contribution in [0.2, 0.25) is 0 Å². The van der Waals surface area contributed by atoms with Crippen LogP contribution in [-0.2, 0) is 26.5 Å². The Labute approximate surface area is 196 Å². The highest BCUT2D eigenvalue weighted by Crippen LogP contribution is 2.64. The number of hydrogen-bond acceptors (Lipinski definition) is 5. The van der Waals surface area contributed by atoms with Crippen molar-refractivity contribution in [3.8, 4) is 0 Å². The quantitative estimate of drug-likeness (QED) is 0.246. The zero-order valence-corrected chi connectivity index (χ0v) is 18.3. The third kappa shape index (κ3) is 2.61. The number of benzene rings is 3. The Kier molecular flexibility index (Phi) is 4.64. The Hall–Kier alpha value is -3.84. The van der Waals surface area contributed by atoms with Crippen molar-refractivity contribution in [2.24, 2.45) is 11.8 Å². The lowest BCUT2D eigenvalue weighted by molar-refractivity contribution is -0.578. The van der Waals surface area contributed by atoms with E-state index in [1.807, 2.05) is 54.6 Å². The summed E-state index contributed by atoms with van der Waals surface area (Å²) in [5.41, 5.74) is 1.79. The van der Waals surface area contributed by atoms with E-state index < -0.39 is 23.3 Å². The Morgan fingerprint density at radius 2 is 1.44 bits per heavy atom. The summed E-state index contributed by atoms with van der Waals surface area (Å²) in [5, 5.41) is 12.9. The molecule has 1 aliphatic heterocycles. The fourth-order valence-corrected chi connectivity index (χ4v) is 6.24. The molecule has 3 aromatic rings. The summed E-state index contributed by atoms with van der Waals surface area (Å²) in [6, 6.07) is 24.0. The highest BCUT2D eigenvalue weighted by molar-refractivity contribution is 6.08. The lowest BCUT2D eigenvalue weighted by atomic mass is 9.51. The van der Waals surface area contributed by atoms with Gasteiger partial charge in [-0.2, -0.15) is 0 Å². The normalized spacial score (nSPS) is 26.2. The molecule has 0 radical (unpaired) electrons. The average molecular weight is 454 g/mol. The van der Waals surface area contributed by atoms with Gasteiger partial charge < -0.3 is 4.74 Å². The molecule has 170 valence electrons. The van der Waals surface area contributed by atoms with Gasteiger partial charge >= 0.3 is 0 Å². The summed E-state index contributed by atoms with van der Waals surface area (Å²) in [5.74, 6) is -3.08. The Balaban J connectivity index is 1.38. The number of rotatable bonds is 6. The van der Waals surface area contributed by atoms with Gasteiger partial charge in [0.05, 0.1) is 25.7 Å². The van der Waals surface area contributed by atoms with Gasteiger partial charge in [0.15, 0.2) is 0 Å². The topological polar surface area (TPSA) is 89.8 Å². The number of carbonyl (C=O) groups is 2. The third-order valence-electron chi connectivity index (χ3n) is 7.52. The number of nitrogens with zero attached hydrogens (tertiary/aromatic N) is 2. The molecular weight excluding hydrogens is 432 g/mol. The molecule has 34 heavy (non-hydrogen) atoms. The number of hydrogen-bond donors (Lipinski definition) is 0. The monoisotopic (exact) mass is 454 g/mol. The zero-order chi connectivity index (χ0) is 23.4. The van der Waals surface area contributed by atoms with E-state index in [0.717, 1.165) is 16.7 Å². The molecule has 0 aromatic heterocycles. The minimum absolute atomic E-state index is 0.0741. The fraction of sp³-hybridized carbons (Fsp3) is 0.259. The highest BCUT2D eigenvalue weighted by Gasteiger charge is 2.74. The second-order valence-electron chi connectivity index (χ2n) is 9.05. The van der Waals surface area contributed by atoms with Gasteiger partial charge in [0.2, 0.25) is 11.8 Å². The van der Waals surface area contributed by atoms with Gasteiger partial charge in [-0.3, -0.25) is 24.6 Å². The van der Waals surface area contributed by atoms with E-state index in [1.54, 1.807) is 24.3 Å². The molecule has 0 spiro atoms. The number of carbonyl (C=O) groups excluding carboxylic acids is 2. The Morgan fingerprint density at radius 1 is 0.853 bits per heavy atom. The first-order valence-corrected chi connectivity index (χ1v) is 11.4. The van der Waals surface area contributed by atoms with Crippen LogP contribution < -0.4 is 0 Å². The molecule has 7 rings (SSSR count). The predicted molar refractivity (Wildman–Crippen MR) is 122 cm³/mol. The van der Waals surface area contributed by atoms with Gasteiger partial charge in [0.25, 0.3) is 5.54 Å². The van der Waals surface area contributed by atoms with Gasteiger partial charge in [-0.1, -0.05) is 78.9 Å². The first kappa shape index (κ1) is 20.7. The average Bonchev–Trinajstić information content (AvgIpc) is 3.12. The standard InChI is InChI=1S/C27H22N2O5/c30-25-23-22-18-10-4-6-12-20(18)27(29(32)33,21-13-7-5-11-19(21)22)24(23)26(31)28(25)14-15-34-16-17-8-2-1-3-9-17/h1-13,22-24H,14-16H2/t22?,23-,24-,27?/m1/s1. The van der Waals surface area contributed by atoms with E-state index in [4.69, 9.17) is 4.74 Å². The first-order valence-electron chi connectivity index (χ1n) is 11.4. The van der Waals surface area contributed by atoms with Crippen molar-refractivity contribution in [3.05, 3.63) is 117 Å². The molecule has 7 nitrogen and oxygen atoms in total. The maximum Gasteiger partial charge on any atom is 0.284 e. The molecular formula is C27H22N2O5. The Morgan fingerprint density at radius 3 is 2.06 bits per heavy atom. The lowest BCUT2D eigenvalue weighted by Gasteiger charge is -2.48. The number of ether oxygens (including phenoxy) is 1. The minimum Gasteiger partial charge on any atom is -0.375 e. The predicted octanol–water partition coefficient (Wildman–Crippen LogP) is 3.48. The van der Waals surface area contributed by atoms with Crippen molar-refractivity contribution in [1.29, 1.82) is 0 Å². The molecule has 0 saturated carbocycles. The molecule has 4 aliphatic rings. The van der Waals surface area contributed by atoms with Crippen LogP contribution >= 0.6 is 0 Å². The minimum atomic E-state index is -1.78. The van der Waals surface area contributed by atoms with Crippen molar-refractivity contribution in [1.82, 2.24) is 4.90 Å². The maximum atomic E-state index is 13.7. The summed E-state index contributed by atoms with van der Waals surface area (Å²) >= 11 is 0. The van der Waals surface area contributed by atoms with Crippen LogP contribution in [0.5, 0.6) is 0 Å². The van der Waals surface area contributed by atoms with E-state index >= 15 is 0 Å². The van der Waals surface area contributed by atoms with Crippen molar-refractivity contribution in [2.75, 3.05) is 13.2 Å². The van der Waals surface area contributed by atoms with Crippen LogP contribution in [0, 0.1) is 22.0 Å². The molecule has 0 N–H and O–H groups in total. The summed E-state index contributed by atoms with van der Waals surface area (Å²) in [6.07, 6.45) is 0. The van der Waals surface area contributed by atoms with E-state index in [9.17, 15) is 19.7 Å². The van der Waals surface area contributed by atoms with Crippen LogP contribution in [-0.4, -0.2) is 34.8 Å². The lowest BCUT2D eigenvalue weighted by Crippen LogP contribution is -2.57. The largest absolute Gasteiger partial charge is 0.375 e. The van der Waals surface area contributed by atoms with Crippen molar-refractivity contribution < 1.29 is 19.2 Å². The zero-order valence-electron chi connectivity index (χ0n) is 18.3. The molecule has 3 aliphatic carbocycles. The summed E-state index contributed by atoms with van der Waals surface area (Å²) in [6.45, 7) is 0.606. The van der Waals surface area contributed by atoms with E-state index in [-0.39, 0.29) is 29.9 Å². The van der Waals surface area contributed by atoms with Crippen LogP contribution in [0.4, 0.5) is 0 Å². The maximum absolute atomic E-state index is 13.7. The molecule has 2 atom stereocenters. The van der Waals surface area contributed by atoms with Gasteiger partial charge in [-0.05, 0) is 16.7 Å². The van der Waals surface area contributed by atoms with Gasteiger partial charge in [-0.25, -0.2) is 0 Å². The Bertz CT molecular complexity index is 1270. The van der Waals surface area contributed by atoms with Crippen LogP contribution in [0.1, 0.15) is 33.7 Å². The number of nitro groups is 1. The highest BCUT2D eigenvalue weighted by atomic mass is 16.6. The van der Waals surface area contributed by atoms with Crippen molar-refractivity contribution in [2.45, 2.75) is 18.1 Å². The summed E-state index contributed by atoms with van der Waals surface area (Å²) < 4.78 is 5.72.